The summed E-state index contributed by atoms with van der Waals surface area (Å²) in [6.45, 7) is 1.72. The molecule has 1 heterocycles. The highest BCUT2D eigenvalue weighted by atomic mass is 16.5. The van der Waals surface area contributed by atoms with Crippen molar-refractivity contribution in [2.45, 2.75) is 25.4 Å². The molecule has 0 amide bonds. The van der Waals surface area contributed by atoms with Crippen LogP contribution in [0.2, 0.25) is 0 Å². The molecular formula is C12H20N2O. The molecular weight excluding hydrogens is 188 g/mol. The van der Waals surface area contributed by atoms with E-state index in [1.165, 1.54) is 18.4 Å². The number of nitrogens with zero attached hydrogens (tertiary/aromatic N) is 1. The maximum atomic E-state index is 5.07. The molecule has 1 unspecified atom stereocenters. The van der Waals surface area contributed by atoms with Gasteiger partial charge in [-0.1, -0.05) is 0 Å². The predicted molar refractivity (Wildman–Crippen MR) is 60.8 cm³/mol. The lowest BCUT2D eigenvalue weighted by atomic mass is 10.1. The lowest BCUT2D eigenvalue weighted by molar-refractivity contribution is 0.187. The van der Waals surface area contributed by atoms with E-state index in [9.17, 15) is 0 Å². The van der Waals surface area contributed by atoms with E-state index in [4.69, 9.17) is 4.74 Å². The Morgan fingerprint density at radius 3 is 3.00 bits per heavy atom. The van der Waals surface area contributed by atoms with Crippen molar-refractivity contribution in [1.82, 2.24) is 9.88 Å². The molecule has 1 aliphatic rings. The summed E-state index contributed by atoms with van der Waals surface area (Å²) < 4.78 is 7.27. The Morgan fingerprint density at radius 1 is 1.60 bits per heavy atom. The molecule has 0 aromatic carbocycles. The Morgan fingerprint density at radius 2 is 2.40 bits per heavy atom. The van der Waals surface area contributed by atoms with E-state index < -0.39 is 0 Å². The van der Waals surface area contributed by atoms with Crippen LogP contribution in [0.15, 0.2) is 18.5 Å². The minimum atomic E-state index is 0.550. The molecule has 1 atom stereocenters. The van der Waals surface area contributed by atoms with E-state index in [0.29, 0.717) is 6.04 Å². The standard InChI is InChI=1S/C12H20N2O/c1-13-12(10-3-4-10)11-5-6-14(9-11)7-8-15-2/h5-6,9-10,12-13H,3-4,7-8H2,1-2H3. The number of rotatable bonds is 6. The Bertz CT molecular complexity index is 304. The van der Waals surface area contributed by atoms with Gasteiger partial charge >= 0.3 is 0 Å². The second kappa shape index (κ2) is 4.81. The summed E-state index contributed by atoms with van der Waals surface area (Å²) >= 11 is 0. The van der Waals surface area contributed by atoms with Gasteiger partial charge < -0.3 is 14.6 Å². The first kappa shape index (κ1) is 10.7. The third-order valence-electron chi connectivity index (χ3n) is 3.09. The average molecular weight is 208 g/mol. The van der Waals surface area contributed by atoms with Crippen molar-refractivity contribution >= 4 is 0 Å². The fourth-order valence-electron chi connectivity index (χ4n) is 2.08. The summed E-state index contributed by atoms with van der Waals surface area (Å²) in [6.07, 6.45) is 7.11. The normalized spacial score (nSPS) is 18.0. The zero-order valence-corrected chi connectivity index (χ0v) is 9.57. The molecule has 15 heavy (non-hydrogen) atoms. The van der Waals surface area contributed by atoms with Crippen LogP contribution < -0.4 is 5.32 Å². The van der Waals surface area contributed by atoms with Gasteiger partial charge in [-0.2, -0.15) is 0 Å². The molecule has 0 aliphatic heterocycles. The molecule has 1 aliphatic carbocycles. The van der Waals surface area contributed by atoms with Crippen LogP contribution in [0.3, 0.4) is 0 Å². The van der Waals surface area contributed by atoms with Crippen LogP contribution >= 0.6 is 0 Å². The molecule has 0 saturated heterocycles. The quantitative estimate of drug-likeness (QED) is 0.771. The molecule has 2 rings (SSSR count). The first-order valence-corrected chi connectivity index (χ1v) is 5.67. The zero-order valence-electron chi connectivity index (χ0n) is 9.57. The molecule has 0 bridgehead atoms. The summed E-state index contributed by atoms with van der Waals surface area (Å²) in [4.78, 5) is 0. The van der Waals surface area contributed by atoms with Crippen LogP contribution in [0.4, 0.5) is 0 Å². The Balaban J connectivity index is 1.98. The maximum absolute atomic E-state index is 5.07. The van der Waals surface area contributed by atoms with Gasteiger partial charge in [-0.15, -0.1) is 0 Å². The summed E-state index contributed by atoms with van der Waals surface area (Å²) in [5.41, 5.74) is 1.41. The van der Waals surface area contributed by atoms with Gasteiger partial charge in [0.1, 0.15) is 0 Å². The number of methoxy groups -OCH3 is 1. The van der Waals surface area contributed by atoms with Crippen LogP contribution in [0.25, 0.3) is 0 Å². The van der Waals surface area contributed by atoms with E-state index in [1.54, 1.807) is 7.11 Å². The third kappa shape index (κ3) is 2.61. The van der Waals surface area contributed by atoms with Gasteiger partial charge in [-0.05, 0) is 37.4 Å². The molecule has 84 valence electrons. The van der Waals surface area contributed by atoms with Gasteiger partial charge in [-0.3, -0.25) is 0 Å². The molecule has 1 fully saturated rings. The van der Waals surface area contributed by atoms with Crippen molar-refractivity contribution < 1.29 is 4.74 Å². The molecule has 0 spiro atoms. The molecule has 1 N–H and O–H groups in total. The monoisotopic (exact) mass is 208 g/mol. The number of hydrogen-bond donors (Lipinski definition) is 1. The van der Waals surface area contributed by atoms with E-state index in [-0.39, 0.29) is 0 Å². The highest BCUT2D eigenvalue weighted by Gasteiger charge is 2.31. The fraction of sp³-hybridized carbons (Fsp3) is 0.667. The summed E-state index contributed by atoms with van der Waals surface area (Å²) in [7, 11) is 3.79. The van der Waals surface area contributed by atoms with E-state index in [0.717, 1.165) is 19.1 Å². The molecule has 1 aromatic heterocycles. The number of nitrogens with one attached hydrogen (secondary N) is 1. The molecule has 3 heteroatoms. The third-order valence-corrected chi connectivity index (χ3v) is 3.09. The number of aromatic nitrogens is 1. The molecule has 3 nitrogen and oxygen atoms in total. The predicted octanol–water partition coefficient (Wildman–Crippen LogP) is 1.80. The average Bonchev–Trinajstić information content (AvgIpc) is 2.96. The molecule has 0 radical (unpaired) electrons. The van der Waals surface area contributed by atoms with Gasteiger partial charge in [-0.25, -0.2) is 0 Å². The van der Waals surface area contributed by atoms with Crippen LogP contribution in [-0.2, 0) is 11.3 Å². The van der Waals surface area contributed by atoms with Gasteiger partial charge in [0, 0.05) is 32.1 Å². The second-order valence-corrected chi connectivity index (χ2v) is 4.28. The van der Waals surface area contributed by atoms with Crippen molar-refractivity contribution in [2.24, 2.45) is 5.92 Å². The molecule has 1 aromatic rings. The minimum absolute atomic E-state index is 0.550. The fourth-order valence-corrected chi connectivity index (χ4v) is 2.08. The Labute approximate surface area is 91.4 Å². The van der Waals surface area contributed by atoms with Gasteiger partial charge in [0.2, 0.25) is 0 Å². The zero-order chi connectivity index (χ0) is 10.7. The first-order valence-electron chi connectivity index (χ1n) is 5.67. The van der Waals surface area contributed by atoms with Crippen LogP contribution in [-0.4, -0.2) is 25.3 Å². The lowest BCUT2D eigenvalue weighted by Gasteiger charge is -2.13. The second-order valence-electron chi connectivity index (χ2n) is 4.28. The van der Waals surface area contributed by atoms with Gasteiger partial charge in [0.15, 0.2) is 0 Å². The summed E-state index contributed by atoms with van der Waals surface area (Å²) in [6, 6.07) is 2.77. The van der Waals surface area contributed by atoms with Crippen LogP contribution in [0, 0.1) is 5.92 Å². The highest BCUT2D eigenvalue weighted by Crippen LogP contribution is 2.40. The lowest BCUT2D eigenvalue weighted by Crippen LogP contribution is -2.17. The first-order chi connectivity index (χ1) is 7.35. The largest absolute Gasteiger partial charge is 0.383 e. The Hall–Kier alpha value is -0.800. The van der Waals surface area contributed by atoms with Crippen molar-refractivity contribution in [1.29, 1.82) is 0 Å². The van der Waals surface area contributed by atoms with Crippen LogP contribution in [0.1, 0.15) is 24.4 Å². The van der Waals surface area contributed by atoms with E-state index in [1.807, 2.05) is 0 Å². The highest BCUT2D eigenvalue weighted by molar-refractivity contribution is 5.18. The van der Waals surface area contributed by atoms with Crippen LogP contribution in [0.5, 0.6) is 0 Å². The maximum Gasteiger partial charge on any atom is 0.0641 e. The van der Waals surface area contributed by atoms with E-state index in [2.05, 4.69) is 35.4 Å². The van der Waals surface area contributed by atoms with E-state index >= 15 is 0 Å². The topological polar surface area (TPSA) is 26.2 Å². The van der Waals surface area contributed by atoms with Crippen molar-refractivity contribution in [3.05, 3.63) is 24.0 Å². The minimum Gasteiger partial charge on any atom is -0.383 e. The summed E-state index contributed by atoms with van der Waals surface area (Å²) in [5, 5.41) is 3.41. The van der Waals surface area contributed by atoms with Crippen molar-refractivity contribution in [2.75, 3.05) is 20.8 Å². The smallest absolute Gasteiger partial charge is 0.0641 e. The Kier molecular flexibility index (Phi) is 3.44. The van der Waals surface area contributed by atoms with Crippen molar-refractivity contribution in [3.8, 4) is 0 Å². The van der Waals surface area contributed by atoms with Gasteiger partial charge in [0.05, 0.1) is 6.61 Å². The molecule has 1 saturated carbocycles. The van der Waals surface area contributed by atoms with Gasteiger partial charge in [0.25, 0.3) is 0 Å². The summed E-state index contributed by atoms with van der Waals surface area (Å²) in [5.74, 6) is 0.855. The SMILES string of the molecule is CNC(c1ccn(CCOC)c1)C1CC1. The number of ether oxygens (including phenoxy) is 1. The number of hydrogen-bond acceptors (Lipinski definition) is 2. The van der Waals surface area contributed by atoms with Crippen molar-refractivity contribution in [3.63, 3.8) is 0 Å².